The van der Waals surface area contributed by atoms with E-state index in [2.05, 4.69) is 121 Å². The lowest BCUT2D eigenvalue weighted by atomic mass is 10.2. The fourth-order valence-electron chi connectivity index (χ4n) is 6.72. The van der Waals surface area contributed by atoms with Gasteiger partial charge in [-0.05, 0) is 47.6 Å². The number of quaternary nitrogens is 2. The zero-order valence-electron chi connectivity index (χ0n) is 31.8. The number of hydrogen-bond acceptors (Lipinski definition) is 4. The van der Waals surface area contributed by atoms with E-state index >= 15 is 0 Å². The molecule has 0 aliphatic carbocycles. The molecule has 288 valence electrons. The fraction of sp³-hybridized carbons (Fsp3) is 0.366. The lowest BCUT2D eigenvalue weighted by molar-refractivity contribution is -0.909. The molecule has 2 aromatic heterocycles. The number of aromatic nitrogens is 2. The second kappa shape index (κ2) is 21.5. The summed E-state index contributed by atoms with van der Waals surface area (Å²) in [5.41, 5.74) is 6.30. The Hall–Kier alpha value is -1.74. The minimum atomic E-state index is 0. The van der Waals surface area contributed by atoms with Crippen LogP contribution in [0, 0.1) is 0 Å². The van der Waals surface area contributed by atoms with Crippen LogP contribution in [0.3, 0.4) is 0 Å². The van der Waals surface area contributed by atoms with E-state index in [9.17, 15) is 0 Å². The predicted molar refractivity (Wildman–Crippen MR) is 198 cm³/mol. The summed E-state index contributed by atoms with van der Waals surface area (Å²) in [4.78, 5) is 4.58. The first kappa shape index (κ1) is 47.4. The third-order valence-electron chi connectivity index (χ3n) is 9.84. The fourth-order valence-corrected chi connectivity index (χ4v) is 6.72. The van der Waals surface area contributed by atoms with Crippen LogP contribution in [0.2, 0.25) is 0 Å². The van der Waals surface area contributed by atoms with Crippen LogP contribution in [0.5, 0.6) is 0 Å². The summed E-state index contributed by atoms with van der Waals surface area (Å²) >= 11 is 0. The van der Waals surface area contributed by atoms with Crippen LogP contribution in [0.25, 0.3) is 34.4 Å². The third-order valence-corrected chi connectivity index (χ3v) is 9.84. The standard InChI is InChI=1S/C41H54N6O2.4HI/c1-42-36-14-7-9-16-38(36)48-40(42)32-34-18-24-44(25-19-34)22-11-28-46(3,4)30-13-31-47(5,6)29-12-23-45-26-20-35(21-27-45)33-41-43(2)37-15-8-10-17-39(37)49-41;;;;/h7-10,14-21,24-27,32-33H,11-13,22-23,28-31H2,1-6H3;4*1H/q+4;;;;/p-4. The summed E-state index contributed by atoms with van der Waals surface area (Å²) < 4.78 is 18.4. The molecule has 0 bridgehead atoms. The molecule has 4 aromatic rings. The molecule has 2 aliphatic heterocycles. The van der Waals surface area contributed by atoms with Crippen LogP contribution >= 0.6 is 0 Å². The lowest BCUT2D eigenvalue weighted by Crippen LogP contribution is -3.00. The molecule has 0 atom stereocenters. The first-order chi connectivity index (χ1) is 23.6. The van der Waals surface area contributed by atoms with E-state index in [1.165, 1.54) is 32.6 Å². The Morgan fingerprint density at radius 1 is 0.528 bits per heavy atom. The minimum absolute atomic E-state index is 0. The average Bonchev–Trinajstić information content (AvgIpc) is 3.57. The van der Waals surface area contributed by atoms with E-state index in [1.807, 2.05) is 50.5 Å². The van der Waals surface area contributed by atoms with Crippen molar-refractivity contribution in [2.75, 3.05) is 67.5 Å². The van der Waals surface area contributed by atoms with Gasteiger partial charge in [0.25, 0.3) is 11.0 Å². The summed E-state index contributed by atoms with van der Waals surface area (Å²) in [5, 5.41) is 0. The number of halogens is 4. The summed E-state index contributed by atoms with van der Waals surface area (Å²) in [6.07, 6.45) is 25.2. The highest BCUT2D eigenvalue weighted by Crippen LogP contribution is 2.20. The van der Waals surface area contributed by atoms with Gasteiger partial charge in [0, 0.05) is 69.3 Å². The second-order valence-corrected chi connectivity index (χ2v) is 14.8. The van der Waals surface area contributed by atoms with E-state index in [0.29, 0.717) is 0 Å². The highest BCUT2D eigenvalue weighted by Gasteiger charge is 2.21. The van der Waals surface area contributed by atoms with Crippen molar-refractivity contribution in [3.05, 3.63) is 121 Å². The Bertz CT molecular complexity index is 1800. The molecule has 0 radical (unpaired) electrons. The van der Waals surface area contributed by atoms with Crippen LogP contribution in [-0.2, 0) is 14.1 Å². The van der Waals surface area contributed by atoms with Crippen molar-refractivity contribution >= 4 is 34.4 Å². The van der Waals surface area contributed by atoms with Gasteiger partial charge in [-0.1, -0.05) is 24.3 Å². The first-order valence-electron chi connectivity index (χ1n) is 17.6. The monoisotopic (exact) mass is 1170 g/mol. The molecule has 0 N–H and O–H groups in total. The number of rotatable bonds is 14. The molecule has 2 aliphatic rings. The lowest BCUT2D eigenvalue weighted by Gasteiger charge is -2.34. The van der Waals surface area contributed by atoms with Crippen LogP contribution in [-0.4, -0.2) is 86.2 Å². The van der Waals surface area contributed by atoms with E-state index in [0.717, 1.165) is 80.0 Å². The zero-order chi connectivity index (χ0) is 34.4. The largest absolute Gasteiger partial charge is 1.00 e. The second-order valence-electron chi connectivity index (χ2n) is 14.8. The molecule has 12 heteroatoms. The molecule has 0 saturated carbocycles. The predicted octanol–water partition coefficient (Wildman–Crippen LogP) is -5.68. The molecule has 0 fully saturated rings. The summed E-state index contributed by atoms with van der Waals surface area (Å²) in [6.45, 7) is 6.78. The van der Waals surface area contributed by atoms with Crippen LogP contribution in [0.1, 0.15) is 31.0 Å². The van der Waals surface area contributed by atoms with Crippen molar-refractivity contribution in [1.29, 1.82) is 0 Å². The van der Waals surface area contributed by atoms with E-state index < -0.39 is 0 Å². The minimum Gasteiger partial charge on any atom is -1.00 e. The zero-order valence-corrected chi connectivity index (χ0v) is 40.4. The number of aryl methyl sites for hydroxylation is 2. The first-order valence-corrected chi connectivity index (χ1v) is 17.6. The Balaban J connectivity index is 0.00000243. The Morgan fingerprint density at radius 2 is 0.868 bits per heavy atom. The maximum absolute atomic E-state index is 6.05. The van der Waals surface area contributed by atoms with Gasteiger partial charge in [0.2, 0.25) is 11.2 Å². The number of hydrogen-bond donors (Lipinski definition) is 0. The van der Waals surface area contributed by atoms with Gasteiger partial charge in [-0.3, -0.25) is 0 Å². The molecule has 0 saturated heterocycles. The quantitative estimate of drug-likeness (QED) is 0.0719. The summed E-state index contributed by atoms with van der Waals surface area (Å²) in [7, 11) is 13.6. The number of para-hydroxylation sites is 4. The van der Waals surface area contributed by atoms with Crippen LogP contribution in [0.15, 0.2) is 118 Å². The highest BCUT2D eigenvalue weighted by atomic mass is 127. The maximum atomic E-state index is 6.05. The van der Waals surface area contributed by atoms with E-state index in [-0.39, 0.29) is 95.9 Å². The van der Waals surface area contributed by atoms with Gasteiger partial charge in [-0.25, -0.2) is 0 Å². The molecule has 0 spiro atoms. The van der Waals surface area contributed by atoms with Gasteiger partial charge < -0.3 is 124 Å². The van der Waals surface area contributed by atoms with Crippen molar-refractivity contribution < 1.29 is 123 Å². The summed E-state index contributed by atoms with van der Waals surface area (Å²) in [6, 6.07) is 16.3. The molecular weight excluding hydrogens is 1120 g/mol. The maximum Gasteiger partial charge on any atom is 0.374 e. The van der Waals surface area contributed by atoms with Crippen molar-refractivity contribution in [2.45, 2.75) is 19.3 Å². The molecule has 2 aromatic carbocycles. The van der Waals surface area contributed by atoms with Gasteiger partial charge in [-0.2, -0.15) is 9.13 Å². The van der Waals surface area contributed by atoms with Crippen molar-refractivity contribution in [3.8, 4) is 0 Å². The van der Waals surface area contributed by atoms with Crippen molar-refractivity contribution in [3.63, 3.8) is 0 Å². The number of benzene rings is 2. The average molecular weight is 1170 g/mol. The Labute approximate surface area is 384 Å². The number of allylic oxidation sites excluding steroid dienone is 6. The van der Waals surface area contributed by atoms with Crippen LogP contribution in [0.4, 0.5) is 0 Å². The van der Waals surface area contributed by atoms with Gasteiger partial charge in [0.1, 0.15) is 14.1 Å². The van der Waals surface area contributed by atoms with Gasteiger partial charge in [-0.15, -0.1) is 0 Å². The SMILES string of the molecule is C[n+]1c(C=C2C=CN(CCC[N+](C)(C)CCC[N+](C)(C)CCCN3C=CC(=Cc4oc5ccccc5[n+]4C)C=C3)C=C2)oc2ccccc21.[I-].[I-].[I-].[I-]. The number of fused-ring (bicyclic) bond motifs is 2. The highest BCUT2D eigenvalue weighted by molar-refractivity contribution is 5.71. The topological polar surface area (TPSA) is 40.5 Å². The van der Waals surface area contributed by atoms with E-state index in [4.69, 9.17) is 8.83 Å². The molecule has 53 heavy (non-hydrogen) atoms. The molecule has 0 amide bonds. The van der Waals surface area contributed by atoms with Crippen LogP contribution < -0.4 is 105 Å². The van der Waals surface area contributed by atoms with E-state index in [1.54, 1.807) is 0 Å². The Morgan fingerprint density at radius 3 is 1.23 bits per heavy atom. The van der Waals surface area contributed by atoms with Gasteiger partial charge in [0.15, 0.2) is 0 Å². The number of oxazole rings is 2. The number of nitrogens with zero attached hydrogens (tertiary/aromatic N) is 6. The molecule has 4 heterocycles. The van der Waals surface area contributed by atoms with Crippen molar-refractivity contribution in [2.24, 2.45) is 14.1 Å². The molecule has 6 rings (SSSR count). The molecule has 8 nitrogen and oxygen atoms in total. The smallest absolute Gasteiger partial charge is 0.374 e. The van der Waals surface area contributed by atoms with Gasteiger partial charge in [0.05, 0.1) is 66.5 Å². The Kier molecular flexibility index (Phi) is 19.3. The molecule has 0 unspecified atom stereocenters. The normalized spacial score (nSPS) is 13.8. The molecular formula is C41H54I4N6O2. The van der Waals surface area contributed by atoms with Gasteiger partial charge >= 0.3 is 11.8 Å². The third kappa shape index (κ3) is 13.2. The van der Waals surface area contributed by atoms with Crippen molar-refractivity contribution in [1.82, 2.24) is 9.80 Å². The summed E-state index contributed by atoms with van der Waals surface area (Å²) in [5.74, 6) is 1.71.